The Hall–Kier alpha value is -2.70. The van der Waals surface area contributed by atoms with Crippen LogP contribution in [0.15, 0.2) is 59.1 Å². The number of rotatable bonds is 8. The molecule has 0 saturated carbocycles. The van der Waals surface area contributed by atoms with E-state index in [1.54, 1.807) is 42.5 Å². The zero-order valence-corrected chi connectivity index (χ0v) is 17.0. The van der Waals surface area contributed by atoms with Crippen molar-refractivity contribution in [2.24, 2.45) is 5.73 Å². The largest absolute Gasteiger partial charge is 0.436 e. The quantitative estimate of drug-likeness (QED) is 0.550. The third-order valence-electron chi connectivity index (χ3n) is 4.57. The number of carbonyl (C=O) groups is 1. The molecular formula is C22H25ClFN3O2. The van der Waals surface area contributed by atoms with Gasteiger partial charge in [0.2, 0.25) is 5.89 Å². The van der Waals surface area contributed by atoms with Crippen LogP contribution in [0.4, 0.5) is 4.39 Å². The van der Waals surface area contributed by atoms with E-state index >= 15 is 0 Å². The molecule has 29 heavy (non-hydrogen) atoms. The van der Waals surface area contributed by atoms with E-state index in [-0.39, 0.29) is 30.2 Å². The molecule has 1 aromatic heterocycles. The summed E-state index contributed by atoms with van der Waals surface area (Å²) in [6, 6.07) is 13.3. The smallest absolute Gasteiger partial charge is 0.252 e. The number of nitrogens with one attached hydrogen (secondary N) is 1. The van der Waals surface area contributed by atoms with Crippen LogP contribution in [0.25, 0.3) is 22.8 Å². The van der Waals surface area contributed by atoms with Gasteiger partial charge in [-0.3, -0.25) is 4.79 Å². The number of aromatic nitrogens is 1. The van der Waals surface area contributed by atoms with Crippen LogP contribution in [-0.2, 0) is 0 Å². The zero-order chi connectivity index (χ0) is 19.9. The lowest BCUT2D eigenvalue weighted by molar-refractivity contribution is 0.0936. The third kappa shape index (κ3) is 5.43. The average molecular weight is 418 g/mol. The van der Waals surface area contributed by atoms with Gasteiger partial charge in [-0.15, -0.1) is 12.4 Å². The van der Waals surface area contributed by atoms with Crippen LogP contribution in [0.2, 0.25) is 0 Å². The SMILES string of the molecule is CCCCC(CN)NC(=O)c1ccccc1-c1ncc(-c2ccccc2F)o1.Cl. The molecule has 154 valence electrons. The van der Waals surface area contributed by atoms with Gasteiger partial charge >= 0.3 is 0 Å². The molecule has 3 N–H and O–H groups in total. The maximum atomic E-state index is 14.0. The van der Waals surface area contributed by atoms with Crippen LogP contribution in [-0.4, -0.2) is 23.5 Å². The first-order chi connectivity index (χ1) is 13.6. The minimum absolute atomic E-state index is 0. The second kappa shape index (κ2) is 10.7. The van der Waals surface area contributed by atoms with Gasteiger partial charge in [-0.25, -0.2) is 9.37 Å². The highest BCUT2D eigenvalue weighted by atomic mass is 35.5. The fourth-order valence-corrected chi connectivity index (χ4v) is 3.01. The number of halogens is 2. The molecule has 3 aromatic rings. The normalized spacial score (nSPS) is 11.6. The van der Waals surface area contributed by atoms with Gasteiger partial charge in [-0.2, -0.15) is 0 Å². The second-order valence-electron chi connectivity index (χ2n) is 6.60. The van der Waals surface area contributed by atoms with Crippen LogP contribution < -0.4 is 11.1 Å². The van der Waals surface area contributed by atoms with Crippen molar-refractivity contribution in [1.29, 1.82) is 0 Å². The molecule has 0 aliphatic heterocycles. The van der Waals surface area contributed by atoms with Gasteiger partial charge in [0.15, 0.2) is 5.76 Å². The van der Waals surface area contributed by atoms with Crippen molar-refractivity contribution in [2.75, 3.05) is 6.54 Å². The summed E-state index contributed by atoms with van der Waals surface area (Å²) >= 11 is 0. The summed E-state index contributed by atoms with van der Waals surface area (Å²) in [6.07, 6.45) is 4.33. The van der Waals surface area contributed by atoms with Crippen molar-refractivity contribution in [3.05, 3.63) is 66.1 Å². The van der Waals surface area contributed by atoms with E-state index in [9.17, 15) is 9.18 Å². The summed E-state index contributed by atoms with van der Waals surface area (Å²) in [5.74, 6) is -0.0429. The number of hydrogen-bond acceptors (Lipinski definition) is 4. The number of benzene rings is 2. The molecule has 1 unspecified atom stereocenters. The molecule has 5 nitrogen and oxygen atoms in total. The Kier molecular flexibility index (Phi) is 8.36. The van der Waals surface area contributed by atoms with E-state index in [0.29, 0.717) is 29.0 Å². The first-order valence-electron chi connectivity index (χ1n) is 9.45. The molecule has 0 aliphatic rings. The Morgan fingerprint density at radius 3 is 2.55 bits per heavy atom. The molecule has 0 aliphatic carbocycles. The molecule has 1 amide bonds. The minimum Gasteiger partial charge on any atom is -0.436 e. The van der Waals surface area contributed by atoms with Crippen molar-refractivity contribution in [3.8, 4) is 22.8 Å². The Labute approximate surface area is 175 Å². The third-order valence-corrected chi connectivity index (χ3v) is 4.57. The summed E-state index contributed by atoms with van der Waals surface area (Å²) < 4.78 is 19.8. The van der Waals surface area contributed by atoms with Gasteiger partial charge < -0.3 is 15.5 Å². The molecule has 0 spiro atoms. The number of oxazole rings is 1. The maximum Gasteiger partial charge on any atom is 0.252 e. The average Bonchev–Trinajstić information content (AvgIpc) is 3.21. The summed E-state index contributed by atoms with van der Waals surface area (Å²) in [7, 11) is 0. The Bertz CT molecular complexity index is 945. The molecule has 0 radical (unpaired) electrons. The van der Waals surface area contributed by atoms with Crippen LogP contribution in [0, 0.1) is 5.82 Å². The topological polar surface area (TPSA) is 81.1 Å². The lowest BCUT2D eigenvalue weighted by Crippen LogP contribution is -2.40. The molecule has 1 atom stereocenters. The maximum absolute atomic E-state index is 14.0. The van der Waals surface area contributed by atoms with E-state index in [4.69, 9.17) is 10.2 Å². The number of hydrogen-bond donors (Lipinski definition) is 2. The first-order valence-corrected chi connectivity index (χ1v) is 9.45. The van der Waals surface area contributed by atoms with Crippen LogP contribution in [0.1, 0.15) is 36.5 Å². The van der Waals surface area contributed by atoms with Crippen LogP contribution in [0.5, 0.6) is 0 Å². The summed E-state index contributed by atoms with van der Waals surface area (Å²) in [5.41, 5.74) is 7.11. The van der Waals surface area contributed by atoms with Crippen molar-refractivity contribution in [3.63, 3.8) is 0 Å². The monoisotopic (exact) mass is 417 g/mol. The molecule has 1 heterocycles. The van der Waals surface area contributed by atoms with E-state index in [0.717, 1.165) is 19.3 Å². The molecular weight excluding hydrogens is 393 g/mol. The molecule has 3 rings (SSSR count). The molecule has 0 fully saturated rings. The second-order valence-corrected chi connectivity index (χ2v) is 6.60. The summed E-state index contributed by atoms with van der Waals surface area (Å²) in [4.78, 5) is 17.1. The van der Waals surface area contributed by atoms with Gasteiger partial charge in [0.05, 0.1) is 17.3 Å². The van der Waals surface area contributed by atoms with E-state index in [1.165, 1.54) is 12.3 Å². The highest BCUT2D eigenvalue weighted by molar-refractivity contribution is 6.00. The van der Waals surface area contributed by atoms with Crippen molar-refractivity contribution < 1.29 is 13.6 Å². The number of carbonyl (C=O) groups excluding carboxylic acids is 1. The number of nitrogens with two attached hydrogens (primary N) is 1. The van der Waals surface area contributed by atoms with Gasteiger partial charge in [0.1, 0.15) is 5.82 Å². The predicted molar refractivity (Wildman–Crippen MR) is 114 cm³/mol. The van der Waals surface area contributed by atoms with Crippen molar-refractivity contribution in [2.45, 2.75) is 32.2 Å². The molecule has 0 bridgehead atoms. The number of nitrogens with zero attached hydrogens (tertiary/aromatic N) is 1. The molecule has 0 saturated heterocycles. The fraction of sp³-hybridized carbons (Fsp3) is 0.273. The standard InChI is InChI=1S/C22H24FN3O2.ClH/c1-2-3-8-15(13-24)26-21(27)16-9-4-5-10-17(16)22-25-14-20(28-22)18-11-6-7-12-19(18)23;/h4-7,9-12,14-15H,2-3,8,13,24H2,1H3,(H,26,27);1H. The highest BCUT2D eigenvalue weighted by Crippen LogP contribution is 2.29. The summed E-state index contributed by atoms with van der Waals surface area (Å²) in [5, 5.41) is 2.98. The van der Waals surface area contributed by atoms with Gasteiger partial charge in [0, 0.05) is 18.2 Å². The van der Waals surface area contributed by atoms with E-state index in [1.807, 2.05) is 0 Å². The fourth-order valence-electron chi connectivity index (χ4n) is 3.01. The van der Waals surface area contributed by atoms with Gasteiger partial charge in [0.25, 0.3) is 5.91 Å². The Morgan fingerprint density at radius 2 is 1.86 bits per heavy atom. The first kappa shape index (κ1) is 22.6. The molecule has 7 heteroatoms. The zero-order valence-electron chi connectivity index (χ0n) is 16.2. The lowest BCUT2D eigenvalue weighted by atomic mass is 10.1. The number of amides is 1. The van der Waals surface area contributed by atoms with Crippen molar-refractivity contribution in [1.82, 2.24) is 10.3 Å². The van der Waals surface area contributed by atoms with Gasteiger partial charge in [-0.05, 0) is 30.7 Å². The van der Waals surface area contributed by atoms with Crippen LogP contribution >= 0.6 is 12.4 Å². The van der Waals surface area contributed by atoms with E-state index in [2.05, 4.69) is 17.2 Å². The van der Waals surface area contributed by atoms with Crippen LogP contribution in [0.3, 0.4) is 0 Å². The van der Waals surface area contributed by atoms with Gasteiger partial charge in [-0.1, -0.05) is 44.0 Å². The lowest BCUT2D eigenvalue weighted by Gasteiger charge is -2.17. The van der Waals surface area contributed by atoms with Crippen molar-refractivity contribution >= 4 is 18.3 Å². The molecule has 2 aromatic carbocycles. The minimum atomic E-state index is -0.391. The van der Waals surface area contributed by atoms with E-state index < -0.39 is 5.82 Å². The highest BCUT2D eigenvalue weighted by Gasteiger charge is 2.19. The Morgan fingerprint density at radius 1 is 1.17 bits per heavy atom. The predicted octanol–water partition coefficient (Wildman–Crippen LogP) is 4.82. The summed E-state index contributed by atoms with van der Waals surface area (Å²) in [6.45, 7) is 2.48. The Balaban J connectivity index is 0.00000300. The number of unbranched alkanes of at least 4 members (excludes halogenated alkanes) is 1.